The summed E-state index contributed by atoms with van der Waals surface area (Å²) in [4.78, 5) is 0. The van der Waals surface area contributed by atoms with Gasteiger partial charge in [0.25, 0.3) is 0 Å². The van der Waals surface area contributed by atoms with E-state index in [9.17, 15) is 0 Å². The van der Waals surface area contributed by atoms with Crippen LogP contribution in [0.4, 0.5) is 0 Å². The Morgan fingerprint density at radius 1 is 0.115 bits per heavy atom. The van der Waals surface area contributed by atoms with E-state index in [1.54, 1.807) is 0 Å². The topological polar surface area (TPSA) is 0 Å². The third-order valence-electron chi connectivity index (χ3n) is 13.4. The van der Waals surface area contributed by atoms with Crippen LogP contribution in [0.15, 0.2) is 328 Å². The molecule has 0 saturated heterocycles. The molecule has 0 spiro atoms. The van der Waals surface area contributed by atoms with Gasteiger partial charge in [0.2, 0.25) is 0 Å². The van der Waals surface area contributed by atoms with E-state index in [1.165, 1.54) is 100 Å². The molecule has 0 heteroatoms. The Bertz CT molecular complexity index is 2950. The molecule has 0 fully saturated rings. The monoisotopic (exact) mass is 1150 g/mol. The van der Waals surface area contributed by atoms with Gasteiger partial charge in [-0.05, 0) is 142 Å². The van der Waals surface area contributed by atoms with Crippen molar-refractivity contribution in [2.24, 2.45) is 0 Å². The maximum Gasteiger partial charge on any atom is -0.0155 e. The van der Waals surface area contributed by atoms with Crippen molar-refractivity contribution in [1.82, 2.24) is 0 Å². The minimum Gasteiger partial charge on any atom is -0.0776 e. The van der Waals surface area contributed by atoms with E-state index in [0.29, 0.717) is 0 Å². The molecular weight excluding hydrogens is 1040 g/mol. The number of benzene rings is 12. The SMILES string of the molecule is C.C.C.C.C.C.C.C.C.Cc1ccccc1-c1ccccc1.Cc1ccccc1-c1ccccc1.Cc1ccccc1-c1ccccc1.Cc1ccccc1-c1ccccc1.Cc1ccccc1-c1ccccc1.Cc1ccccc1-c1ccccc1. The molecule has 0 aliphatic carbocycles. The highest BCUT2D eigenvalue weighted by molar-refractivity contribution is 5.71. The minimum atomic E-state index is 0. The van der Waals surface area contributed by atoms with Crippen LogP contribution >= 0.6 is 0 Å². The van der Waals surface area contributed by atoms with Crippen LogP contribution in [-0.4, -0.2) is 0 Å². The summed E-state index contributed by atoms with van der Waals surface area (Å²) >= 11 is 0. The first-order valence-electron chi connectivity index (χ1n) is 26.9. The van der Waals surface area contributed by atoms with Crippen LogP contribution in [0.1, 0.15) is 100 Å². The van der Waals surface area contributed by atoms with Gasteiger partial charge in [-0.15, -0.1) is 0 Å². The van der Waals surface area contributed by atoms with Crippen molar-refractivity contribution in [2.75, 3.05) is 0 Å². The predicted molar refractivity (Wildman–Crippen MR) is 400 cm³/mol. The standard InChI is InChI=1S/6C13H12.9CH4/c6*1-11-7-5-6-10-13(11)12-8-3-2-4-9-12;;;;;;;;;/h6*2-10H,1H3;9*1H4. The number of aryl methyl sites for hydroxylation is 6. The summed E-state index contributed by atoms with van der Waals surface area (Å²) in [5.41, 5.74) is 23.7. The first kappa shape index (κ1) is 81.9. The lowest BCUT2D eigenvalue weighted by Crippen LogP contribution is -1.80. The minimum absolute atomic E-state index is 0. The van der Waals surface area contributed by atoms with E-state index >= 15 is 0 Å². The summed E-state index contributed by atoms with van der Waals surface area (Å²) in [5, 5.41) is 0. The lowest BCUT2D eigenvalue weighted by atomic mass is 10.0. The average Bonchev–Trinajstić information content (AvgIpc) is 3.63. The third-order valence-corrected chi connectivity index (χ3v) is 13.4. The summed E-state index contributed by atoms with van der Waals surface area (Å²) in [5.74, 6) is 0. The second-order valence-electron chi connectivity index (χ2n) is 19.1. The zero-order valence-electron chi connectivity index (χ0n) is 46.2. The molecule has 0 amide bonds. The summed E-state index contributed by atoms with van der Waals surface area (Å²) in [6, 6.07) is 114. The lowest BCUT2D eigenvalue weighted by molar-refractivity contribution is 1.46. The van der Waals surface area contributed by atoms with Crippen molar-refractivity contribution < 1.29 is 0 Å². The van der Waals surface area contributed by atoms with Crippen LogP contribution in [0, 0.1) is 41.5 Å². The molecule has 0 saturated carbocycles. The molecular formula is C87H108. The Morgan fingerprint density at radius 3 is 0.310 bits per heavy atom. The van der Waals surface area contributed by atoms with Crippen molar-refractivity contribution >= 4 is 0 Å². The third kappa shape index (κ3) is 25.8. The van der Waals surface area contributed by atoms with Crippen LogP contribution < -0.4 is 0 Å². The average molecular weight is 1150 g/mol. The normalized spacial score (nSPS) is 8.90. The molecule has 0 heterocycles. The van der Waals surface area contributed by atoms with Gasteiger partial charge in [-0.1, -0.05) is 394 Å². The number of rotatable bonds is 6. The summed E-state index contributed by atoms with van der Waals surface area (Å²) < 4.78 is 0. The van der Waals surface area contributed by atoms with E-state index in [0.717, 1.165) is 0 Å². The van der Waals surface area contributed by atoms with Gasteiger partial charge < -0.3 is 0 Å². The zero-order valence-corrected chi connectivity index (χ0v) is 46.2. The van der Waals surface area contributed by atoms with Crippen molar-refractivity contribution in [3.05, 3.63) is 361 Å². The molecule has 0 nitrogen and oxygen atoms in total. The van der Waals surface area contributed by atoms with Crippen LogP contribution in [0.5, 0.6) is 0 Å². The molecule has 456 valence electrons. The maximum absolute atomic E-state index is 2.16. The van der Waals surface area contributed by atoms with Crippen LogP contribution in [0.25, 0.3) is 66.8 Å². The van der Waals surface area contributed by atoms with E-state index < -0.39 is 0 Å². The quantitative estimate of drug-likeness (QED) is 0.156. The van der Waals surface area contributed by atoms with Crippen molar-refractivity contribution in [3.63, 3.8) is 0 Å². The van der Waals surface area contributed by atoms with Gasteiger partial charge in [-0.25, -0.2) is 0 Å². The van der Waals surface area contributed by atoms with Crippen molar-refractivity contribution in [1.29, 1.82) is 0 Å². The van der Waals surface area contributed by atoms with Gasteiger partial charge in [0.1, 0.15) is 0 Å². The van der Waals surface area contributed by atoms with Gasteiger partial charge in [0.15, 0.2) is 0 Å². The highest BCUT2D eigenvalue weighted by Gasteiger charge is 2.03. The zero-order chi connectivity index (χ0) is 54.6. The fourth-order valence-corrected chi connectivity index (χ4v) is 9.09. The predicted octanol–water partition coefficient (Wildman–Crippen LogP) is 27.7. The van der Waals surface area contributed by atoms with Crippen LogP contribution in [-0.2, 0) is 0 Å². The number of hydrogen-bond acceptors (Lipinski definition) is 0. The van der Waals surface area contributed by atoms with E-state index in [1.807, 2.05) is 36.4 Å². The fourth-order valence-electron chi connectivity index (χ4n) is 9.09. The van der Waals surface area contributed by atoms with Gasteiger partial charge in [0, 0.05) is 0 Å². The van der Waals surface area contributed by atoms with Gasteiger partial charge in [0.05, 0.1) is 0 Å². The smallest absolute Gasteiger partial charge is 0.0155 e. The van der Waals surface area contributed by atoms with Crippen LogP contribution in [0.3, 0.4) is 0 Å². The first-order chi connectivity index (χ1) is 38.3. The lowest BCUT2D eigenvalue weighted by Gasteiger charge is -2.04. The Hall–Kier alpha value is -9.36. The molecule has 0 bridgehead atoms. The maximum atomic E-state index is 2.16. The molecule has 12 rings (SSSR count). The molecule has 0 N–H and O–H groups in total. The molecule has 12 aromatic rings. The van der Waals surface area contributed by atoms with Crippen molar-refractivity contribution in [3.8, 4) is 66.8 Å². The Morgan fingerprint density at radius 2 is 0.207 bits per heavy atom. The Balaban J connectivity index is -0.000000954. The second-order valence-corrected chi connectivity index (χ2v) is 19.1. The fraction of sp³-hybridized carbons (Fsp3) is 0.172. The molecule has 0 aliphatic rings. The molecule has 0 unspecified atom stereocenters. The molecule has 0 aliphatic heterocycles. The molecule has 0 radical (unpaired) electrons. The van der Waals surface area contributed by atoms with E-state index in [2.05, 4.69) is 333 Å². The van der Waals surface area contributed by atoms with Crippen LogP contribution in [0.2, 0.25) is 0 Å². The molecule has 0 aromatic heterocycles. The van der Waals surface area contributed by atoms with E-state index in [4.69, 9.17) is 0 Å². The highest BCUT2D eigenvalue weighted by atomic mass is 14.1. The first-order valence-corrected chi connectivity index (χ1v) is 26.9. The molecule has 0 atom stereocenters. The largest absolute Gasteiger partial charge is 0.0776 e. The molecule has 12 aromatic carbocycles. The summed E-state index contributed by atoms with van der Waals surface area (Å²) in [6.45, 7) is 12.8. The highest BCUT2D eigenvalue weighted by Crippen LogP contribution is 2.27. The van der Waals surface area contributed by atoms with Gasteiger partial charge in [-0.2, -0.15) is 0 Å². The Kier molecular flexibility index (Phi) is 42.4. The van der Waals surface area contributed by atoms with E-state index in [-0.39, 0.29) is 66.8 Å². The second kappa shape index (κ2) is 45.1. The molecule has 87 heavy (non-hydrogen) atoms. The summed E-state index contributed by atoms with van der Waals surface area (Å²) in [6.07, 6.45) is 0. The summed E-state index contributed by atoms with van der Waals surface area (Å²) in [7, 11) is 0. The Labute approximate surface area is 533 Å². The van der Waals surface area contributed by atoms with Gasteiger partial charge >= 0.3 is 0 Å². The van der Waals surface area contributed by atoms with Gasteiger partial charge in [-0.3, -0.25) is 0 Å². The number of hydrogen-bond donors (Lipinski definition) is 0. The van der Waals surface area contributed by atoms with Crippen molar-refractivity contribution in [2.45, 2.75) is 108 Å².